The van der Waals surface area contributed by atoms with Crippen LogP contribution >= 0.6 is 15.9 Å². The topological polar surface area (TPSA) is 20.2 Å². The van der Waals surface area contributed by atoms with Crippen molar-refractivity contribution in [3.05, 3.63) is 68.7 Å². The van der Waals surface area contributed by atoms with Crippen molar-refractivity contribution >= 4 is 15.9 Å². The van der Waals surface area contributed by atoms with E-state index in [1.165, 1.54) is 16.7 Å². The molecular weight excluding hydrogens is 300 g/mol. The third-order valence-electron chi connectivity index (χ3n) is 3.45. The summed E-state index contributed by atoms with van der Waals surface area (Å²) in [5.41, 5.74) is 5.86. The molecule has 0 fully saturated rings. The predicted molar refractivity (Wildman–Crippen MR) is 83.5 cm³/mol. The third-order valence-corrected chi connectivity index (χ3v) is 3.91. The van der Waals surface area contributed by atoms with Crippen LogP contribution in [0.5, 0.6) is 0 Å². The molecule has 0 aliphatic heterocycles. The molecule has 0 aromatic heterocycles. The van der Waals surface area contributed by atoms with Crippen molar-refractivity contribution in [3.63, 3.8) is 0 Å². The monoisotopic (exact) mass is 318 g/mol. The standard InChI is InChI=1S/C17H19BrO/c1-11-6-15(10-16(18)7-11)17(19)9-14-5-4-12(2)13(3)8-14/h4-8,10,17,19H,9H2,1-3H3. The molecule has 0 heterocycles. The van der Waals surface area contributed by atoms with Crippen LogP contribution < -0.4 is 0 Å². The number of hydrogen-bond donors (Lipinski definition) is 1. The van der Waals surface area contributed by atoms with Crippen molar-refractivity contribution in [2.75, 3.05) is 0 Å². The van der Waals surface area contributed by atoms with Gasteiger partial charge in [0, 0.05) is 10.9 Å². The average molecular weight is 319 g/mol. The Balaban J connectivity index is 2.20. The number of aliphatic hydroxyl groups excluding tert-OH is 1. The molecule has 0 saturated heterocycles. The SMILES string of the molecule is Cc1cc(Br)cc(C(O)Cc2ccc(C)c(C)c2)c1. The van der Waals surface area contributed by atoms with Gasteiger partial charge in [-0.3, -0.25) is 0 Å². The van der Waals surface area contributed by atoms with Gasteiger partial charge in [0.25, 0.3) is 0 Å². The highest BCUT2D eigenvalue weighted by Gasteiger charge is 2.10. The molecule has 0 saturated carbocycles. The van der Waals surface area contributed by atoms with Crippen LogP contribution in [0.1, 0.15) is 33.9 Å². The normalized spacial score (nSPS) is 12.5. The minimum atomic E-state index is -0.460. The lowest BCUT2D eigenvalue weighted by molar-refractivity contribution is 0.178. The van der Waals surface area contributed by atoms with Crippen molar-refractivity contribution in [2.45, 2.75) is 33.3 Å². The zero-order valence-corrected chi connectivity index (χ0v) is 13.2. The summed E-state index contributed by atoms with van der Waals surface area (Å²) in [6, 6.07) is 12.4. The lowest BCUT2D eigenvalue weighted by Gasteiger charge is -2.13. The molecule has 2 aromatic carbocycles. The largest absolute Gasteiger partial charge is 0.388 e. The third kappa shape index (κ3) is 3.68. The van der Waals surface area contributed by atoms with Crippen LogP contribution in [0.2, 0.25) is 0 Å². The van der Waals surface area contributed by atoms with Crippen LogP contribution in [-0.4, -0.2) is 5.11 Å². The number of hydrogen-bond acceptors (Lipinski definition) is 1. The Morgan fingerprint density at radius 3 is 2.37 bits per heavy atom. The summed E-state index contributed by atoms with van der Waals surface area (Å²) < 4.78 is 1.02. The zero-order chi connectivity index (χ0) is 14.0. The Morgan fingerprint density at radius 1 is 1.00 bits per heavy atom. The molecule has 1 atom stereocenters. The second-order valence-corrected chi connectivity index (χ2v) is 6.12. The molecule has 0 radical (unpaired) electrons. The molecule has 0 aliphatic carbocycles. The van der Waals surface area contributed by atoms with Crippen LogP contribution in [0, 0.1) is 20.8 Å². The number of benzene rings is 2. The molecule has 2 aromatic rings. The lowest BCUT2D eigenvalue weighted by atomic mass is 9.98. The van der Waals surface area contributed by atoms with Gasteiger partial charge in [-0.15, -0.1) is 0 Å². The second-order valence-electron chi connectivity index (χ2n) is 5.20. The van der Waals surface area contributed by atoms with Gasteiger partial charge in [-0.25, -0.2) is 0 Å². The summed E-state index contributed by atoms with van der Waals surface area (Å²) in [6.45, 7) is 6.25. The number of aliphatic hydroxyl groups is 1. The second kappa shape index (κ2) is 5.89. The molecule has 0 amide bonds. The van der Waals surface area contributed by atoms with Gasteiger partial charge in [-0.1, -0.05) is 40.2 Å². The molecule has 1 N–H and O–H groups in total. The summed E-state index contributed by atoms with van der Waals surface area (Å²) in [4.78, 5) is 0. The van der Waals surface area contributed by atoms with Gasteiger partial charge in [0.2, 0.25) is 0 Å². The fraction of sp³-hybridized carbons (Fsp3) is 0.294. The molecule has 0 spiro atoms. The van der Waals surface area contributed by atoms with Crippen LogP contribution in [0.15, 0.2) is 40.9 Å². The van der Waals surface area contributed by atoms with Gasteiger partial charge < -0.3 is 5.11 Å². The summed E-state index contributed by atoms with van der Waals surface area (Å²) in [5.74, 6) is 0. The van der Waals surface area contributed by atoms with E-state index in [4.69, 9.17) is 0 Å². The Morgan fingerprint density at radius 2 is 1.74 bits per heavy atom. The lowest BCUT2D eigenvalue weighted by Crippen LogP contribution is -2.03. The molecule has 0 aliphatic rings. The molecule has 0 bridgehead atoms. The van der Waals surface area contributed by atoms with Gasteiger partial charge in [-0.05, 0) is 60.7 Å². The van der Waals surface area contributed by atoms with E-state index in [2.05, 4.69) is 48.0 Å². The highest BCUT2D eigenvalue weighted by molar-refractivity contribution is 9.10. The smallest absolute Gasteiger partial charge is 0.0830 e. The first kappa shape index (κ1) is 14.3. The van der Waals surface area contributed by atoms with Crippen LogP contribution in [0.3, 0.4) is 0 Å². The van der Waals surface area contributed by atoms with Gasteiger partial charge in [-0.2, -0.15) is 0 Å². The van der Waals surface area contributed by atoms with Gasteiger partial charge in [0.1, 0.15) is 0 Å². The quantitative estimate of drug-likeness (QED) is 0.873. The molecule has 1 unspecified atom stereocenters. The highest BCUT2D eigenvalue weighted by atomic mass is 79.9. The van der Waals surface area contributed by atoms with E-state index in [0.29, 0.717) is 6.42 Å². The van der Waals surface area contributed by atoms with E-state index >= 15 is 0 Å². The van der Waals surface area contributed by atoms with Crippen molar-refractivity contribution in [3.8, 4) is 0 Å². The Kier molecular flexibility index (Phi) is 4.43. The minimum Gasteiger partial charge on any atom is -0.388 e. The van der Waals surface area contributed by atoms with Gasteiger partial charge >= 0.3 is 0 Å². The first-order chi connectivity index (χ1) is 8.95. The van der Waals surface area contributed by atoms with Crippen LogP contribution in [-0.2, 0) is 6.42 Å². The summed E-state index contributed by atoms with van der Waals surface area (Å²) in [5, 5.41) is 10.4. The van der Waals surface area contributed by atoms with E-state index in [9.17, 15) is 5.11 Å². The fourth-order valence-electron chi connectivity index (χ4n) is 2.23. The first-order valence-corrected chi connectivity index (χ1v) is 7.26. The van der Waals surface area contributed by atoms with Gasteiger partial charge in [0.05, 0.1) is 6.10 Å². The van der Waals surface area contributed by atoms with Crippen LogP contribution in [0.25, 0.3) is 0 Å². The van der Waals surface area contributed by atoms with Gasteiger partial charge in [0.15, 0.2) is 0 Å². The Bertz CT molecular complexity index is 570. The van der Waals surface area contributed by atoms with E-state index < -0.39 is 6.10 Å². The maximum atomic E-state index is 10.4. The maximum absolute atomic E-state index is 10.4. The Labute approximate surface area is 123 Å². The maximum Gasteiger partial charge on any atom is 0.0830 e. The van der Waals surface area contributed by atoms with Crippen molar-refractivity contribution in [1.29, 1.82) is 0 Å². The van der Waals surface area contributed by atoms with E-state index in [1.54, 1.807) is 0 Å². The molecule has 2 rings (SSSR count). The Hall–Kier alpha value is -1.12. The molecule has 1 nitrogen and oxygen atoms in total. The summed E-state index contributed by atoms with van der Waals surface area (Å²) >= 11 is 3.48. The van der Waals surface area contributed by atoms with E-state index in [0.717, 1.165) is 15.6 Å². The molecule has 100 valence electrons. The van der Waals surface area contributed by atoms with Crippen molar-refractivity contribution < 1.29 is 5.11 Å². The average Bonchev–Trinajstić information content (AvgIpc) is 2.32. The van der Waals surface area contributed by atoms with E-state index in [-0.39, 0.29) is 0 Å². The van der Waals surface area contributed by atoms with E-state index in [1.807, 2.05) is 25.1 Å². The predicted octanol–water partition coefficient (Wildman–Crippen LogP) is 4.65. The zero-order valence-electron chi connectivity index (χ0n) is 11.6. The van der Waals surface area contributed by atoms with Crippen molar-refractivity contribution in [1.82, 2.24) is 0 Å². The van der Waals surface area contributed by atoms with Crippen LogP contribution in [0.4, 0.5) is 0 Å². The molecule has 19 heavy (non-hydrogen) atoms. The molecular formula is C17H19BrO. The fourth-order valence-corrected chi connectivity index (χ4v) is 2.85. The highest BCUT2D eigenvalue weighted by Crippen LogP contribution is 2.24. The number of aryl methyl sites for hydroxylation is 3. The first-order valence-electron chi connectivity index (χ1n) is 6.47. The van der Waals surface area contributed by atoms with Crippen molar-refractivity contribution in [2.24, 2.45) is 0 Å². The number of rotatable bonds is 3. The minimum absolute atomic E-state index is 0.460. The summed E-state index contributed by atoms with van der Waals surface area (Å²) in [6.07, 6.45) is 0.190. The number of halogens is 1. The molecule has 2 heteroatoms. The summed E-state index contributed by atoms with van der Waals surface area (Å²) in [7, 11) is 0.